The fraction of sp³-hybridized carbons (Fsp3) is 1.00. The van der Waals surface area contributed by atoms with Gasteiger partial charge < -0.3 is 28.4 Å². The maximum Gasteiger partial charge on any atom is 0.277 e. The average Bonchev–Trinajstić information content (AvgIpc) is 1.80. The molecule has 11 heavy (non-hydrogen) atoms. The molecule has 3 fully saturated rings. The van der Waals surface area contributed by atoms with Crippen LogP contribution in [-0.2, 0) is 28.4 Å². The van der Waals surface area contributed by atoms with Gasteiger partial charge in [-0.3, -0.25) is 0 Å². The number of rotatable bonds is 0. The molecule has 0 spiro atoms. The number of ether oxygens (including phenoxy) is 6. The molecule has 0 saturated carbocycles. The Labute approximate surface area is 62.9 Å². The van der Waals surface area contributed by atoms with Gasteiger partial charge in [0.2, 0.25) is 0 Å². The Morgan fingerprint density at radius 3 is 1.09 bits per heavy atom. The van der Waals surface area contributed by atoms with Gasteiger partial charge in [0.25, 0.3) is 13.0 Å². The van der Waals surface area contributed by atoms with Crippen LogP contribution >= 0.6 is 0 Å². The summed E-state index contributed by atoms with van der Waals surface area (Å²) in [7, 11) is 0. The molecule has 2 bridgehead atoms. The van der Waals surface area contributed by atoms with E-state index in [-0.39, 0.29) is 20.4 Å². The first-order valence-corrected chi connectivity index (χ1v) is 3.15. The van der Waals surface area contributed by atoms with Gasteiger partial charge >= 0.3 is 0 Å². The predicted molar refractivity (Wildman–Crippen MR) is 28.7 cm³/mol. The predicted octanol–water partition coefficient (Wildman–Crippen LogP) is -0.447. The topological polar surface area (TPSA) is 55.4 Å². The van der Waals surface area contributed by atoms with E-state index in [1.165, 1.54) is 0 Å². The second kappa shape index (κ2) is 3.44. The summed E-state index contributed by atoms with van der Waals surface area (Å²) >= 11 is 0. The van der Waals surface area contributed by atoms with Crippen molar-refractivity contribution in [3.8, 4) is 0 Å². The van der Waals surface area contributed by atoms with Crippen molar-refractivity contribution in [2.24, 2.45) is 0 Å². The van der Waals surface area contributed by atoms with Crippen LogP contribution in [0.15, 0.2) is 0 Å². The molecule has 3 rings (SSSR count). The summed E-state index contributed by atoms with van der Waals surface area (Å²) in [6, 6.07) is 0. The van der Waals surface area contributed by atoms with Gasteiger partial charge in [-0.1, -0.05) is 0 Å². The average molecular weight is 164 g/mol. The third kappa shape index (κ3) is 1.86. The molecule has 0 aromatic rings. The summed E-state index contributed by atoms with van der Waals surface area (Å²) in [4.78, 5) is 0. The van der Waals surface area contributed by atoms with E-state index in [1.54, 1.807) is 0 Å². The largest absolute Gasteiger partial charge is 0.303 e. The Bertz CT molecular complexity index is 92.4. The standard InChI is InChI=1S/C5H8O6/c1-6-4-8-2-9-5(7-1)11-3-10-4/h4-5H,1-3H2. The summed E-state index contributed by atoms with van der Waals surface area (Å²) in [5, 5.41) is 0. The van der Waals surface area contributed by atoms with E-state index in [1.807, 2.05) is 0 Å². The van der Waals surface area contributed by atoms with Crippen molar-refractivity contribution in [1.29, 1.82) is 0 Å². The van der Waals surface area contributed by atoms with Gasteiger partial charge in [0, 0.05) is 0 Å². The van der Waals surface area contributed by atoms with Crippen molar-refractivity contribution in [2.45, 2.75) is 13.0 Å². The first-order chi connectivity index (χ1) is 5.45. The van der Waals surface area contributed by atoms with Crippen molar-refractivity contribution < 1.29 is 28.4 Å². The van der Waals surface area contributed by atoms with Gasteiger partial charge in [0.05, 0.1) is 0 Å². The third-order valence-corrected chi connectivity index (χ3v) is 1.22. The van der Waals surface area contributed by atoms with Gasteiger partial charge in [0.15, 0.2) is 20.4 Å². The molecule has 3 heterocycles. The summed E-state index contributed by atoms with van der Waals surface area (Å²) in [6.45, 7) is -1.40. The maximum absolute atomic E-state index is 4.93. The monoisotopic (exact) mass is 164 g/mol. The van der Waals surface area contributed by atoms with E-state index < -0.39 is 13.0 Å². The van der Waals surface area contributed by atoms with Gasteiger partial charge in [0.1, 0.15) is 0 Å². The third-order valence-electron chi connectivity index (χ3n) is 1.22. The number of hydrogen-bond acceptors (Lipinski definition) is 6. The SMILES string of the molecule is C1OC2OCOC(O1)OCO2. The fourth-order valence-electron chi connectivity index (χ4n) is 0.740. The molecule has 0 N–H and O–H groups in total. The lowest BCUT2D eigenvalue weighted by Gasteiger charge is -2.29. The molecule has 0 aromatic carbocycles. The minimum absolute atomic E-state index is 0.0370. The molecular weight excluding hydrogens is 156 g/mol. The second-order valence-corrected chi connectivity index (χ2v) is 1.93. The summed E-state index contributed by atoms with van der Waals surface area (Å²) in [5.41, 5.74) is 0. The first kappa shape index (κ1) is 7.41. The van der Waals surface area contributed by atoms with Crippen LogP contribution in [0.4, 0.5) is 0 Å². The Hall–Kier alpha value is -0.240. The molecule has 0 aliphatic carbocycles. The minimum atomic E-state index is -0.753. The van der Waals surface area contributed by atoms with Crippen molar-refractivity contribution in [3.63, 3.8) is 0 Å². The molecule has 0 amide bonds. The van der Waals surface area contributed by atoms with E-state index in [4.69, 9.17) is 28.4 Å². The summed E-state index contributed by atoms with van der Waals surface area (Å²) in [5.74, 6) is 0. The van der Waals surface area contributed by atoms with Crippen molar-refractivity contribution in [3.05, 3.63) is 0 Å². The zero-order chi connectivity index (χ0) is 7.52. The Morgan fingerprint density at radius 1 is 0.545 bits per heavy atom. The lowest BCUT2D eigenvalue weighted by atomic mass is 11.0. The van der Waals surface area contributed by atoms with Gasteiger partial charge in [-0.25, -0.2) is 0 Å². The number of hydrogen-bond donors (Lipinski definition) is 0. The number of fused-ring (bicyclic) bond motifs is 6. The van der Waals surface area contributed by atoms with Crippen molar-refractivity contribution >= 4 is 0 Å². The zero-order valence-corrected chi connectivity index (χ0v) is 5.73. The Morgan fingerprint density at radius 2 is 0.818 bits per heavy atom. The highest BCUT2D eigenvalue weighted by molar-refractivity contribution is 4.30. The molecule has 6 heteroatoms. The summed E-state index contributed by atoms with van der Waals surface area (Å²) in [6.07, 6.45) is 0. The second-order valence-electron chi connectivity index (χ2n) is 1.93. The zero-order valence-electron chi connectivity index (χ0n) is 5.73. The van der Waals surface area contributed by atoms with E-state index in [0.717, 1.165) is 0 Å². The van der Waals surface area contributed by atoms with Crippen LogP contribution in [0.1, 0.15) is 0 Å². The summed E-state index contributed by atoms with van der Waals surface area (Å²) < 4.78 is 29.6. The van der Waals surface area contributed by atoms with Gasteiger partial charge in [-0.05, 0) is 0 Å². The molecule has 3 aliphatic heterocycles. The highest BCUT2D eigenvalue weighted by atomic mass is 17.0. The maximum atomic E-state index is 4.93. The molecule has 6 nitrogen and oxygen atoms in total. The molecule has 0 aromatic heterocycles. The van der Waals surface area contributed by atoms with Crippen LogP contribution in [-0.4, -0.2) is 33.3 Å². The van der Waals surface area contributed by atoms with Crippen LogP contribution in [0.25, 0.3) is 0 Å². The van der Waals surface area contributed by atoms with E-state index >= 15 is 0 Å². The van der Waals surface area contributed by atoms with Gasteiger partial charge in [-0.15, -0.1) is 0 Å². The Kier molecular flexibility index (Phi) is 2.32. The van der Waals surface area contributed by atoms with Crippen molar-refractivity contribution in [1.82, 2.24) is 0 Å². The van der Waals surface area contributed by atoms with Crippen molar-refractivity contribution in [2.75, 3.05) is 20.4 Å². The normalized spacial score (nSPS) is 39.3. The van der Waals surface area contributed by atoms with E-state index in [9.17, 15) is 0 Å². The van der Waals surface area contributed by atoms with Crippen LogP contribution in [0.5, 0.6) is 0 Å². The smallest absolute Gasteiger partial charge is 0.277 e. The van der Waals surface area contributed by atoms with Crippen LogP contribution in [0, 0.1) is 0 Å². The molecule has 64 valence electrons. The molecule has 0 atom stereocenters. The molecule has 0 radical (unpaired) electrons. The molecule has 3 saturated heterocycles. The Balaban J connectivity index is 1.96. The van der Waals surface area contributed by atoms with E-state index in [2.05, 4.69) is 0 Å². The van der Waals surface area contributed by atoms with Crippen LogP contribution < -0.4 is 0 Å². The molecule has 0 unspecified atom stereocenters. The quantitative estimate of drug-likeness (QED) is 0.483. The molecular formula is C5H8O6. The van der Waals surface area contributed by atoms with Crippen LogP contribution in [0.2, 0.25) is 0 Å². The highest BCUT2D eigenvalue weighted by Gasteiger charge is 2.22. The van der Waals surface area contributed by atoms with Gasteiger partial charge in [-0.2, -0.15) is 0 Å². The van der Waals surface area contributed by atoms with E-state index in [0.29, 0.717) is 0 Å². The lowest BCUT2D eigenvalue weighted by Crippen LogP contribution is -2.37. The minimum Gasteiger partial charge on any atom is -0.303 e. The molecule has 3 aliphatic rings. The first-order valence-electron chi connectivity index (χ1n) is 3.15. The highest BCUT2D eigenvalue weighted by Crippen LogP contribution is 2.11. The lowest BCUT2D eigenvalue weighted by molar-refractivity contribution is -0.470. The van der Waals surface area contributed by atoms with Crippen LogP contribution in [0.3, 0.4) is 0 Å². The fourth-order valence-corrected chi connectivity index (χ4v) is 0.740.